The number of rotatable bonds is 5. The zero-order valence-corrected chi connectivity index (χ0v) is 13.6. The Hall–Kier alpha value is -0.950. The molecule has 2 N–H and O–H groups in total. The molecule has 0 fully saturated rings. The fraction of sp³-hybridized carbons (Fsp3) is 0.500. The van der Waals surface area contributed by atoms with E-state index in [2.05, 4.69) is 26.6 Å². The van der Waals surface area contributed by atoms with E-state index in [4.69, 9.17) is 0 Å². The fourth-order valence-corrected chi connectivity index (χ4v) is 2.80. The van der Waals surface area contributed by atoms with Gasteiger partial charge in [-0.2, -0.15) is 11.8 Å². The highest BCUT2D eigenvalue weighted by Crippen LogP contribution is 2.11. The van der Waals surface area contributed by atoms with E-state index in [0.717, 1.165) is 12.2 Å². The summed E-state index contributed by atoms with van der Waals surface area (Å²) in [5.74, 6) is 0.876. The average molecular weight is 348 g/mol. The highest BCUT2D eigenvalue weighted by atomic mass is 79.9. The molecule has 1 aromatic heterocycles. The molecular weight excluding hydrogens is 330 g/mol. The molecule has 0 aromatic carbocycles. The SMILES string of the molecule is CC[C@@H](CSC)NC(=O)Nc1cc(Br)c(=O)n(C)c1. The number of aromatic nitrogens is 1. The first kappa shape index (κ1) is 16.1. The molecule has 0 saturated heterocycles. The predicted molar refractivity (Wildman–Crippen MR) is 84.0 cm³/mol. The summed E-state index contributed by atoms with van der Waals surface area (Å²) in [7, 11) is 1.64. The number of nitrogens with zero attached hydrogens (tertiary/aromatic N) is 1. The topological polar surface area (TPSA) is 63.1 Å². The Morgan fingerprint density at radius 3 is 2.79 bits per heavy atom. The Bertz CT molecular complexity index is 478. The van der Waals surface area contributed by atoms with Crippen LogP contribution in [0.1, 0.15) is 13.3 Å². The van der Waals surface area contributed by atoms with Crippen LogP contribution < -0.4 is 16.2 Å². The van der Waals surface area contributed by atoms with Crippen molar-refractivity contribution in [1.82, 2.24) is 9.88 Å². The molecule has 0 aliphatic rings. The molecule has 1 atom stereocenters. The molecule has 106 valence electrons. The maximum atomic E-state index is 11.8. The second-order valence-corrected chi connectivity index (χ2v) is 5.92. The van der Waals surface area contributed by atoms with Gasteiger partial charge >= 0.3 is 6.03 Å². The van der Waals surface area contributed by atoms with Crippen LogP contribution in [0.2, 0.25) is 0 Å². The molecule has 1 aromatic rings. The average Bonchev–Trinajstić information content (AvgIpc) is 2.35. The Morgan fingerprint density at radius 2 is 2.26 bits per heavy atom. The lowest BCUT2D eigenvalue weighted by Crippen LogP contribution is -2.39. The normalized spacial score (nSPS) is 12.0. The highest BCUT2D eigenvalue weighted by Gasteiger charge is 2.10. The highest BCUT2D eigenvalue weighted by molar-refractivity contribution is 9.10. The van der Waals surface area contributed by atoms with Gasteiger partial charge in [0.25, 0.3) is 5.56 Å². The maximum Gasteiger partial charge on any atom is 0.319 e. The molecule has 1 rings (SSSR count). The summed E-state index contributed by atoms with van der Waals surface area (Å²) in [6.45, 7) is 2.03. The lowest BCUT2D eigenvalue weighted by molar-refractivity contribution is 0.249. The van der Waals surface area contributed by atoms with Gasteiger partial charge in [0, 0.05) is 25.0 Å². The third-order valence-corrected chi connectivity index (χ3v) is 3.90. The van der Waals surface area contributed by atoms with Crippen LogP contribution in [0.4, 0.5) is 10.5 Å². The van der Waals surface area contributed by atoms with E-state index >= 15 is 0 Å². The number of amides is 2. The van der Waals surface area contributed by atoms with Crippen LogP contribution in [0.15, 0.2) is 21.5 Å². The van der Waals surface area contributed by atoms with E-state index in [-0.39, 0.29) is 17.6 Å². The molecule has 0 spiro atoms. The molecule has 19 heavy (non-hydrogen) atoms. The maximum absolute atomic E-state index is 11.8. The minimum Gasteiger partial charge on any atom is -0.334 e. The van der Waals surface area contributed by atoms with Crippen LogP contribution >= 0.6 is 27.7 Å². The summed E-state index contributed by atoms with van der Waals surface area (Å²) in [6, 6.07) is 1.48. The number of aryl methyl sites for hydroxylation is 1. The summed E-state index contributed by atoms with van der Waals surface area (Å²) < 4.78 is 1.84. The van der Waals surface area contributed by atoms with Gasteiger partial charge in [0.05, 0.1) is 10.2 Å². The molecule has 1 heterocycles. The zero-order valence-electron chi connectivity index (χ0n) is 11.2. The monoisotopic (exact) mass is 347 g/mol. The number of urea groups is 1. The summed E-state index contributed by atoms with van der Waals surface area (Å²) in [4.78, 5) is 23.3. The van der Waals surface area contributed by atoms with Crippen molar-refractivity contribution in [3.63, 3.8) is 0 Å². The van der Waals surface area contributed by atoms with Crippen molar-refractivity contribution in [2.75, 3.05) is 17.3 Å². The first-order chi connectivity index (χ1) is 8.97. The number of nitrogens with one attached hydrogen (secondary N) is 2. The number of pyridine rings is 1. The second kappa shape index (κ2) is 7.59. The lowest BCUT2D eigenvalue weighted by Gasteiger charge is -2.16. The Kier molecular flexibility index (Phi) is 6.44. The number of anilines is 1. The first-order valence-corrected chi connectivity index (χ1v) is 8.09. The van der Waals surface area contributed by atoms with E-state index in [1.54, 1.807) is 31.1 Å². The quantitative estimate of drug-likeness (QED) is 0.859. The summed E-state index contributed by atoms with van der Waals surface area (Å²) in [6.07, 6.45) is 4.47. The summed E-state index contributed by atoms with van der Waals surface area (Å²) >= 11 is 4.86. The number of hydrogen-bond acceptors (Lipinski definition) is 3. The van der Waals surface area contributed by atoms with Gasteiger partial charge in [-0.05, 0) is 34.7 Å². The predicted octanol–water partition coefficient (Wildman–Crippen LogP) is 2.41. The van der Waals surface area contributed by atoms with Crippen molar-refractivity contribution < 1.29 is 4.79 Å². The smallest absolute Gasteiger partial charge is 0.319 e. The number of carbonyl (C=O) groups excluding carboxylic acids is 1. The van der Waals surface area contributed by atoms with E-state index in [1.165, 1.54) is 4.57 Å². The molecular formula is C12H18BrN3O2S. The van der Waals surface area contributed by atoms with Crippen molar-refractivity contribution in [2.24, 2.45) is 7.05 Å². The van der Waals surface area contributed by atoms with Gasteiger partial charge in [0.2, 0.25) is 0 Å². The van der Waals surface area contributed by atoms with E-state index < -0.39 is 0 Å². The molecule has 0 saturated carbocycles. The summed E-state index contributed by atoms with van der Waals surface area (Å²) in [5, 5.41) is 5.62. The first-order valence-electron chi connectivity index (χ1n) is 5.90. The van der Waals surface area contributed by atoms with Crippen LogP contribution in [0.25, 0.3) is 0 Å². The molecule has 2 amide bonds. The Labute approximate surface area is 125 Å². The van der Waals surface area contributed by atoms with Crippen molar-refractivity contribution in [3.8, 4) is 0 Å². The Balaban J connectivity index is 2.69. The van der Waals surface area contributed by atoms with Gasteiger partial charge < -0.3 is 15.2 Å². The van der Waals surface area contributed by atoms with Crippen LogP contribution in [-0.4, -0.2) is 28.6 Å². The van der Waals surface area contributed by atoms with Crippen molar-refractivity contribution in [3.05, 3.63) is 27.1 Å². The Morgan fingerprint density at radius 1 is 1.58 bits per heavy atom. The minimum atomic E-state index is -0.258. The van der Waals surface area contributed by atoms with Crippen LogP contribution in [0, 0.1) is 0 Å². The van der Waals surface area contributed by atoms with E-state index in [9.17, 15) is 9.59 Å². The molecule has 7 heteroatoms. The van der Waals surface area contributed by atoms with Crippen molar-refractivity contribution in [2.45, 2.75) is 19.4 Å². The number of halogens is 1. The van der Waals surface area contributed by atoms with Gasteiger partial charge in [-0.3, -0.25) is 4.79 Å². The second-order valence-electron chi connectivity index (χ2n) is 4.15. The van der Waals surface area contributed by atoms with Crippen molar-refractivity contribution >= 4 is 39.4 Å². The summed E-state index contributed by atoms with van der Waals surface area (Å²) in [5.41, 5.74) is 0.435. The standard InChI is InChI=1S/C12H18BrN3O2S/c1-4-8(7-19-3)14-12(18)15-9-5-10(13)11(17)16(2)6-9/h5-6,8H,4,7H2,1-3H3,(H2,14,15,18)/t8-/m0/s1. The van der Waals surface area contributed by atoms with Gasteiger partial charge in [-0.1, -0.05) is 6.92 Å². The van der Waals surface area contributed by atoms with Gasteiger partial charge in [0.1, 0.15) is 0 Å². The number of thioether (sulfide) groups is 1. The van der Waals surface area contributed by atoms with Crippen LogP contribution in [-0.2, 0) is 7.05 Å². The fourth-order valence-electron chi connectivity index (χ4n) is 1.55. The molecule has 0 aliphatic heterocycles. The van der Waals surface area contributed by atoms with E-state index in [1.807, 2.05) is 13.2 Å². The molecule has 0 aliphatic carbocycles. The molecule has 0 unspecified atom stereocenters. The number of hydrogen-bond donors (Lipinski definition) is 2. The van der Waals surface area contributed by atoms with Gasteiger partial charge in [-0.25, -0.2) is 4.79 Å². The largest absolute Gasteiger partial charge is 0.334 e. The third kappa shape index (κ3) is 4.91. The minimum absolute atomic E-state index is 0.139. The third-order valence-electron chi connectivity index (χ3n) is 2.59. The zero-order chi connectivity index (χ0) is 14.4. The molecule has 5 nitrogen and oxygen atoms in total. The number of carbonyl (C=O) groups is 1. The van der Waals surface area contributed by atoms with Crippen LogP contribution in [0.5, 0.6) is 0 Å². The van der Waals surface area contributed by atoms with Gasteiger partial charge in [0.15, 0.2) is 0 Å². The van der Waals surface area contributed by atoms with Crippen molar-refractivity contribution in [1.29, 1.82) is 0 Å². The van der Waals surface area contributed by atoms with Crippen LogP contribution in [0.3, 0.4) is 0 Å². The van der Waals surface area contributed by atoms with E-state index in [0.29, 0.717) is 10.2 Å². The molecule has 0 bridgehead atoms. The lowest BCUT2D eigenvalue weighted by atomic mass is 10.3. The molecule has 0 radical (unpaired) electrons. The van der Waals surface area contributed by atoms with Gasteiger partial charge in [-0.15, -0.1) is 0 Å².